The zero-order valence-electron chi connectivity index (χ0n) is 15.4. The number of H-pyrrole nitrogens is 1. The van der Waals surface area contributed by atoms with Crippen LogP contribution in [0.5, 0.6) is 5.75 Å². The molecule has 3 aromatic carbocycles. The van der Waals surface area contributed by atoms with Gasteiger partial charge in [0.2, 0.25) is 0 Å². The van der Waals surface area contributed by atoms with Crippen molar-refractivity contribution in [3.63, 3.8) is 0 Å². The van der Waals surface area contributed by atoms with Crippen molar-refractivity contribution in [2.75, 3.05) is 13.7 Å². The molecule has 27 heavy (non-hydrogen) atoms. The highest BCUT2D eigenvalue weighted by Crippen LogP contribution is 2.40. The van der Waals surface area contributed by atoms with Gasteiger partial charge in [-0.05, 0) is 83.6 Å². The SMILES string of the molecule is COc1c(-c2[nH]c3ccc(I)cc3c2CCCCN)ccc2ccccc12. The molecule has 0 unspecified atom stereocenters. The molecule has 3 N–H and O–H groups in total. The lowest BCUT2D eigenvalue weighted by Gasteiger charge is -2.13. The number of nitrogens with one attached hydrogen (secondary N) is 1. The Labute approximate surface area is 173 Å². The molecule has 4 heteroatoms. The van der Waals surface area contributed by atoms with Crippen molar-refractivity contribution in [3.8, 4) is 17.0 Å². The molecular formula is C23H23IN2O. The summed E-state index contributed by atoms with van der Waals surface area (Å²) in [7, 11) is 1.75. The first-order valence-electron chi connectivity index (χ1n) is 9.29. The minimum atomic E-state index is 0.731. The van der Waals surface area contributed by atoms with Crippen LogP contribution in [0.1, 0.15) is 18.4 Å². The first kappa shape index (κ1) is 18.3. The van der Waals surface area contributed by atoms with Crippen LogP contribution in [0.15, 0.2) is 54.6 Å². The largest absolute Gasteiger partial charge is 0.495 e. The summed E-state index contributed by atoms with van der Waals surface area (Å²) in [4.78, 5) is 3.66. The van der Waals surface area contributed by atoms with Gasteiger partial charge in [-0.15, -0.1) is 0 Å². The highest BCUT2D eigenvalue weighted by molar-refractivity contribution is 14.1. The van der Waals surface area contributed by atoms with Crippen LogP contribution in [0.3, 0.4) is 0 Å². The van der Waals surface area contributed by atoms with E-state index < -0.39 is 0 Å². The Balaban J connectivity index is 1.95. The number of fused-ring (bicyclic) bond motifs is 2. The fraction of sp³-hybridized carbons (Fsp3) is 0.217. The van der Waals surface area contributed by atoms with Crippen molar-refractivity contribution in [1.29, 1.82) is 0 Å². The number of unbranched alkanes of at least 4 members (excludes halogenated alkanes) is 1. The summed E-state index contributed by atoms with van der Waals surface area (Å²) in [6, 6.07) is 19.3. The van der Waals surface area contributed by atoms with Gasteiger partial charge in [-0.3, -0.25) is 0 Å². The third-order valence-corrected chi connectivity index (χ3v) is 5.77. The van der Waals surface area contributed by atoms with Crippen molar-refractivity contribution in [2.45, 2.75) is 19.3 Å². The fourth-order valence-corrected chi connectivity index (χ4v) is 4.31. The molecule has 0 bridgehead atoms. The van der Waals surface area contributed by atoms with Crippen LogP contribution < -0.4 is 10.5 Å². The molecule has 0 aliphatic rings. The van der Waals surface area contributed by atoms with Gasteiger partial charge in [-0.1, -0.05) is 30.3 Å². The second-order valence-electron chi connectivity index (χ2n) is 6.78. The molecule has 0 saturated carbocycles. The van der Waals surface area contributed by atoms with E-state index in [1.54, 1.807) is 7.11 Å². The smallest absolute Gasteiger partial charge is 0.136 e. The summed E-state index contributed by atoms with van der Waals surface area (Å²) in [6.07, 6.45) is 3.12. The van der Waals surface area contributed by atoms with Crippen molar-refractivity contribution in [1.82, 2.24) is 4.98 Å². The quantitative estimate of drug-likeness (QED) is 0.273. The van der Waals surface area contributed by atoms with E-state index in [1.165, 1.54) is 25.4 Å². The van der Waals surface area contributed by atoms with Crippen molar-refractivity contribution in [2.24, 2.45) is 5.73 Å². The van der Waals surface area contributed by atoms with Crippen molar-refractivity contribution in [3.05, 3.63) is 63.7 Å². The third-order valence-electron chi connectivity index (χ3n) is 5.10. The number of aromatic amines is 1. The second-order valence-corrected chi connectivity index (χ2v) is 8.03. The molecule has 0 amide bonds. The Morgan fingerprint density at radius 3 is 2.67 bits per heavy atom. The molecule has 0 atom stereocenters. The molecule has 0 aliphatic heterocycles. The number of halogens is 1. The number of aromatic nitrogens is 1. The number of benzene rings is 3. The van der Waals surface area contributed by atoms with Crippen LogP contribution in [0.4, 0.5) is 0 Å². The molecule has 138 valence electrons. The van der Waals surface area contributed by atoms with Crippen LogP contribution in [-0.4, -0.2) is 18.6 Å². The number of hydrogen-bond acceptors (Lipinski definition) is 2. The number of ether oxygens (including phenoxy) is 1. The van der Waals surface area contributed by atoms with Crippen LogP contribution in [0.25, 0.3) is 32.9 Å². The van der Waals surface area contributed by atoms with E-state index in [-0.39, 0.29) is 0 Å². The van der Waals surface area contributed by atoms with Crippen LogP contribution >= 0.6 is 22.6 Å². The highest BCUT2D eigenvalue weighted by Gasteiger charge is 2.18. The van der Waals surface area contributed by atoms with Gasteiger partial charge in [0.25, 0.3) is 0 Å². The van der Waals surface area contributed by atoms with Crippen LogP contribution in [0.2, 0.25) is 0 Å². The molecule has 0 aliphatic carbocycles. The molecule has 3 nitrogen and oxygen atoms in total. The van der Waals surface area contributed by atoms with Gasteiger partial charge in [-0.25, -0.2) is 0 Å². The molecule has 0 saturated heterocycles. The van der Waals surface area contributed by atoms with Gasteiger partial charge < -0.3 is 15.5 Å². The maximum atomic E-state index is 5.87. The van der Waals surface area contributed by atoms with Crippen molar-refractivity contribution >= 4 is 44.3 Å². The van der Waals surface area contributed by atoms with Crippen LogP contribution in [0, 0.1) is 3.57 Å². The number of hydrogen-bond donors (Lipinski definition) is 2. The lowest BCUT2D eigenvalue weighted by molar-refractivity contribution is 0.421. The van der Waals surface area contributed by atoms with Gasteiger partial charge in [0.05, 0.1) is 12.8 Å². The average Bonchev–Trinajstić information content (AvgIpc) is 3.05. The van der Waals surface area contributed by atoms with E-state index in [0.717, 1.165) is 48.2 Å². The number of nitrogens with two attached hydrogens (primary N) is 1. The van der Waals surface area contributed by atoms with Gasteiger partial charge in [-0.2, -0.15) is 0 Å². The van der Waals surface area contributed by atoms with E-state index in [1.807, 2.05) is 0 Å². The standard InChI is InChI=1S/C23H23IN2O/c1-27-23-17-7-3-2-6-15(17)9-11-19(23)22-18(8-4-5-13-25)20-14-16(24)10-12-21(20)26-22/h2-3,6-7,9-12,14,26H,4-5,8,13,25H2,1H3. The molecule has 1 heterocycles. The van der Waals surface area contributed by atoms with E-state index in [2.05, 4.69) is 82.2 Å². The number of methoxy groups -OCH3 is 1. The zero-order chi connectivity index (χ0) is 18.8. The minimum absolute atomic E-state index is 0.731. The summed E-state index contributed by atoms with van der Waals surface area (Å²) >= 11 is 2.38. The zero-order valence-corrected chi connectivity index (χ0v) is 17.5. The first-order valence-corrected chi connectivity index (χ1v) is 10.4. The predicted molar refractivity (Wildman–Crippen MR) is 123 cm³/mol. The van der Waals surface area contributed by atoms with Gasteiger partial charge in [0.1, 0.15) is 5.75 Å². The molecule has 4 aromatic rings. The van der Waals surface area contributed by atoms with Gasteiger partial charge >= 0.3 is 0 Å². The summed E-state index contributed by atoms with van der Waals surface area (Å²) in [5, 5.41) is 3.62. The van der Waals surface area contributed by atoms with Crippen LogP contribution in [-0.2, 0) is 6.42 Å². The maximum Gasteiger partial charge on any atom is 0.136 e. The molecule has 0 spiro atoms. The molecule has 4 rings (SSSR count). The fourth-order valence-electron chi connectivity index (χ4n) is 3.82. The summed E-state index contributed by atoms with van der Waals surface area (Å²) < 4.78 is 7.12. The molecule has 0 radical (unpaired) electrons. The summed E-state index contributed by atoms with van der Waals surface area (Å²) in [5.74, 6) is 0.925. The summed E-state index contributed by atoms with van der Waals surface area (Å²) in [5.41, 5.74) is 10.5. The minimum Gasteiger partial charge on any atom is -0.495 e. The topological polar surface area (TPSA) is 51.0 Å². The van der Waals surface area contributed by atoms with Crippen molar-refractivity contribution < 1.29 is 4.74 Å². The maximum absolute atomic E-state index is 5.87. The third kappa shape index (κ3) is 3.44. The monoisotopic (exact) mass is 470 g/mol. The van der Waals surface area contributed by atoms with E-state index in [0.29, 0.717) is 0 Å². The summed E-state index contributed by atoms with van der Waals surface area (Å²) in [6.45, 7) is 0.731. The molecular weight excluding hydrogens is 447 g/mol. The first-order chi connectivity index (χ1) is 13.2. The van der Waals surface area contributed by atoms with E-state index in [9.17, 15) is 0 Å². The average molecular weight is 470 g/mol. The Hall–Kier alpha value is -2.05. The molecule has 1 aromatic heterocycles. The van der Waals surface area contributed by atoms with E-state index >= 15 is 0 Å². The second kappa shape index (κ2) is 7.90. The Morgan fingerprint density at radius 2 is 1.85 bits per heavy atom. The number of rotatable bonds is 6. The normalized spacial score (nSPS) is 11.4. The van der Waals surface area contributed by atoms with Gasteiger partial charge in [0.15, 0.2) is 0 Å². The lowest BCUT2D eigenvalue weighted by Crippen LogP contribution is -1.99. The Morgan fingerprint density at radius 1 is 1.00 bits per heavy atom. The lowest BCUT2D eigenvalue weighted by atomic mass is 9.97. The number of aryl methyl sites for hydroxylation is 1. The Bertz CT molecular complexity index is 1100. The van der Waals surface area contributed by atoms with Gasteiger partial charge in [0, 0.05) is 25.4 Å². The predicted octanol–water partition coefficient (Wildman–Crippen LogP) is 5.88. The Kier molecular flexibility index (Phi) is 5.36. The molecule has 0 fully saturated rings. The highest BCUT2D eigenvalue weighted by atomic mass is 127. The van der Waals surface area contributed by atoms with E-state index in [4.69, 9.17) is 10.5 Å².